The van der Waals surface area contributed by atoms with Gasteiger partial charge in [-0.15, -0.1) is 5.10 Å². The molecule has 0 aliphatic rings. The zero-order valence-corrected chi connectivity index (χ0v) is 20.2. The number of rotatable bonds is 22. The summed E-state index contributed by atoms with van der Waals surface area (Å²) in [4.78, 5) is 0. The van der Waals surface area contributed by atoms with Gasteiger partial charge in [0.05, 0.1) is 24.4 Å². The molecule has 0 saturated heterocycles. The minimum Gasteiger partial charge on any atom is -0.394 e. The van der Waals surface area contributed by atoms with E-state index in [-0.39, 0.29) is 13.2 Å². The summed E-state index contributed by atoms with van der Waals surface area (Å²) in [6, 6.07) is 0. The summed E-state index contributed by atoms with van der Waals surface area (Å²) < 4.78 is 1.90. The van der Waals surface area contributed by atoms with Crippen LogP contribution < -0.4 is 5.73 Å². The van der Waals surface area contributed by atoms with Crippen molar-refractivity contribution in [3.8, 4) is 0 Å². The van der Waals surface area contributed by atoms with Crippen LogP contribution in [0.1, 0.15) is 122 Å². The van der Waals surface area contributed by atoms with Crippen molar-refractivity contribution in [2.24, 2.45) is 5.73 Å². The number of aliphatic hydroxyl groups is 2. The minimum absolute atomic E-state index is 0.225. The number of nitrogens with zero attached hydrogens (tertiary/aromatic N) is 3. The summed E-state index contributed by atoms with van der Waals surface area (Å²) in [7, 11) is 0. The summed E-state index contributed by atoms with van der Waals surface area (Å²) in [5, 5.41) is 26.9. The fraction of sp³-hybridized carbons (Fsp3) is 0.920. The standard InChI is InChI=1S/C25H50N4O2/c1-2-3-4-5-6-7-8-9-10-11-12-13-14-15-16-17-20-29-21-24(27-28-29)18-19-25(26,22-30)23-31/h21,30-31H,2-20,22-23,26H2,1H3. The molecule has 0 spiro atoms. The molecule has 0 fully saturated rings. The Kier molecular flexibility index (Phi) is 16.8. The largest absolute Gasteiger partial charge is 0.394 e. The zero-order chi connectivity index (χ0) is 22.6. The van der Waals surface area contributed by atoms with Crippen LogP contribution in [-0.2, 0) is 13.0 Å². The van der Waals surface area contributed by atoms with Gasteiger partial charge in [-0.3, -0.25) is 4.68 Å². The van der Waals surface area contributed by atoms with E-state index < -0.39 is 5.54 Å². The molecule has 4 N–H and O–H groups in total. The molecule has 0 aliphatic heterocycles. The van der Waals surface area contributed by atoms with Crippen molar-refractivity contribution in [3.63, 3.8) is 0 Å². The molecule has 0 atom stereocenters. The number of aromatic nitrogens is 3. The van der Waals surface area contributed by atoms with Crippen LogP contribution in [0.2, 0.25) is 0 Å². The summed E-state index contributed by atoms with van der Waals surface area (Å²) in [5.74, 6) is 0. The lowest BCUT2D eigenvalue weighted by Gasteiger charge is -2.23. The monoisotopic (exact) mass is 438 g/mol. The maximum Gasteiger partial charge on any atom is 0.0827 e. The van der Waals surface area contributed by atoms with Gasteiger partial charge < -0.3 is 15.9 Å². The van der Waals surface area contributed by atoms with Crippen molar-refractivity contribution in [1.82, 2.24) is 15.0 Å². The lowest BCUT2D eigenvalue weighted by molar-refractivity contribution is 0.114. The molecule has 0 amide bonds. The molecule has 182 valence electrons. The first-order valence-electron chi connectivity index (χ1n) is 13.0. The number of hydrogen-bond acceptors (Lipinski definition) is 5. The van der Waals surface area contributed by atoms with E-state index >= 15 is 0 Å². The van der Waals surface area contributed by atoms with E-state index in [1.165, 1.54) is 96.3 Å². The molecule has 0 bridgehead atoms. The van der Waals surface area contributed by atoms with E-state index in [0.29, 0.717) is 12.8 Å². The Morgan fingerprint density at radius 1 is 0.774 bits per heavy atom. The maximum absolute atomic E-state index is 9.25. The highest BCUT2D eigenvalue weighted by atomic mass is 16.3. The first kappa shape index (κ1) is 28.1. The molecule has 31 heavy (non-hydrogen) atoms. The molecule has 1 rings (SSSR count). The topological polar surface area (TPSA) is 97.2 Å². The second-order valence-corrected chi connectivity index (χ2v) is 9.45. The Hall–Kier alpha value is -0.980. The van der Waals surface area contributed by atoms with Crippen LogP contribution in [0.4, 0.5) is 0 Å². The molecule has 0 aromatic carbocycles. The van der Waals surface area contributed by atoms with Crippen molar-refractivity contribution in [3.05, 3.63) is 11.9 Å². The van der Waals surface area contributed by atoms with E-state index in [4.69, 9.17) is 5.73 Å². The lowest BCUT2D eigenvalue weighted by Crippen LogP contribution is -2.47. The van der Waals surface area contributed by atoms with Gasteiger partial charge in [-0.05, 0) is 19.3 Å². The number of aryl methyl sites for hydroxylation is 2. The smallest absolute Gasteiger partial charge is 0.0827 e. The van der Waals surface area contributed by atoms with E-state index in [2.05, 4.69) is 17.2 Å². The molecule has 6 heteroatoms. The third kappa shape index (κ3) is 14.7. The van der Waals surface area contributed by atoms with Gasteiger partial charge in [0.25, 0.3) is 0 Å². The van der Waals surface area contributed by atoms with Crippen LogP contribution in [0, 0.1) is 0 Å². The SMILES string of the molecule is CCCCCCCCCCCCCCCCCCn1cc(CCC(N)(CO)CO)nn1. The highest BCUT2D eigenvalue weighted by molar-refractivity contribution is 4.96. The van der Waals surface area contributed by atoms with Gasteiger partial charge in [-0.25, -0.2) is 0 Å². The molecular weight excluding hydrogens is 388 g/mol. The fourth-order valence-corrected chi connectivity index (χ4v) is 3.97. The average molecular weight is 439 g/mol. The van der Waals surface area contributed by atoms with Crippen molar-refractivity contribution in [2.45, 2.75) is 135 Å². The predicted octanol–water partition coefficient (Wildman–Crippen LogP) is 5.15. The lowest BCUT2D eigenvalue weighted by atomic mass is 9.96. The molecule has 1 heterocycles. The average Bonchev–Trinajstić information content (AvgIpc) is 3.25. The van der Waals surface area contributed by atoms with Crippen molar-refractivity contribution >= 4 is 0 Å². The first-order valence-corrected chi connectivity index (χ1v) is 13.0. The Morgan fingerprint density at radius 2 is 1.23 bits per heavy atom. The van der Waals surface area contributed by atoms with E-state index in [1.54, 1.807) is 0 Å². The van der Waals surface area contributed by atoms with Crippen LogP contribution in [0.3, 0.4) is 0 Å². The van der Waals surface area contributed by atoms with Crippen molar-refractivity contribution in [1.29, 1.82) is 0 Å². The van der Waals surface area contributed by atoms with Gasteiger partial charge in [-0.1, -0.05) is 108 Å². The molecule has 1 aromatic heterocycles. The van der Waals surface area contributed by atoms with Crippen LogP contribution in [0.5, 0.6) is 0 Å². The van der Waals surface area contributed by atoms with Crippen LogP contribution in [0.15, 0.2) is 6.20 Å². The normalized spacial score (nSPS) is 12.0. The van der Waals surface area contributed by atoms with Gasteiger partial charge in [0, 0.05) is 12.7 Å². The minimum atomic E-state index is -0.933. The quantitative estimate of drug-likeness (QED) is 0.217. The first-order chi connectivity index (χ1) is 15.1. The summed E-state index contributed by atoms with van der Waals surface area (Å²) in [6.07, 6.45) is 25.1. The van der Waals surface area contributed by atoms with Gasteiger partial charge in [-0.2, -0.15) is 0 Å². The maximum atomic E-state index is 9.25. The van der Waals surface area contributed by atoms with Crippen molar-refractivity contribution in [2.75, 3.05) is 13.2 Å². The summed E-state index contributed by atoms with van der Waals surface area (Å²) in [6.45, 7) is 2.73. The summed E-state index contributed by atoms with van der Waals surface area (Å²) in [5.41, 5.74) is 5.83. The zero-order valence-electron chi connectivity index (χ0n) is 20.2. The number of hydrogen-bond donors (Lipinski definition) is 3. The highest BCUT2D eigenvalue weighted by Gasteiger charge is 2.23. The second kappa shape index (κ2) is 18.6. The number of unbranched alkanes of at least 4 members (excludes halogenated alkanes) is 15. The Morgan fingerprint density at radius 3 is 1.68 bits per heavy atom. The summed E-state index contributed by atoms with van der Waals surface area (Å²) >= 11 is 0. The molecule has 0 aliphatic carbocycles. The number of nitrogens with two attached hydrogens (primary N) is 1. The van der Waals surface area contributed by atoms with Gasteiger partial charge in [0.1, 0.15) is 0 Å². The van der Waals surface area contributed by atoms with Crippen molar-refractivity contribution < 1.29 is 10.2 Å². The second-order valence-electron chi connectivity index (χ2n) is 9.45. The highest BCUT2D eigenvalue weighted by Crippen LogP contribution is 2.14. The van der Waals surface area contributed by atoms with Gasteiger partial charge >= 0.3 is 0 Å². The fourth-order valence-electron chi connectivity index (χ4n) is 3.97. The number of aliphatic hydroxyl groups excluding tert-OH is 2. The molecule has 0 unspecified atom stereocenters. The Labute approximate surface area is 191 Å². The predicted molar refractivity (Wildman–Crippen MR) is 129 cm³/mol. The molecule has 1 aromatic rings. The Bertz CT molecular complexity index is 517. The third-order valence-corrected chi connectivity index (χ3v) is 6.34. The molecule has 0 saturated carbocycles. The molecule has 0 radical (unpaired) electrons. The molecule has 6 nitrogen and oxygen atoms in total. The van der Waals surface area contributed by atoms with E-state index in [1.807, 2.05) is 10.9 Å². The van der Waals surface area contributed by atoms with Gasteiger partial charge in [0.2, 0.25) is 0 Å². The molecular formula is C25H50N4O2. The van der Waals surface area contributed by atoms with Crippen LogP contribution in [-0.4, -0.2) is 44.0 Å². The van der Waals surface area contributed by atoms with Crippen LogP contribution >= 0.6 is 0 Å². The van der Waals surface area contributed by atoms with Crippen LogP contribution in [0.25, 0.3) is 0 Å². The van der Waals surface area contributed by atoms with E-state index in [0.717, 1.165) is 18.7 Å². The van der Waals surface area contributed by atoms with Gasteiger partial charge in [0.15, 0.2) is 0 Å². The third-order valence-electron chi connectivity index (χ3n) is 6.34. The van der Waals surface area contributed by atoms with E-state index in [9.17, 15) is 10.2 Å². The Balaban J connectivity index is 1.89.